The summed E-state index contributed by atoms with van der Waals surface area (Å²) in [6, 6.07) is 5.58. The van der Waals surface area contributed by atoms with Gasteiger partial charge in [0.25, 0.3) is 5.91 Å². The van der Waals surface area contributed by atoms with Crippen molar-refractivity contribution in [1.29, 1.82) is 0 Å². The Kier molecular flexibility index (Phi) is 4.52. The van der Waals surface area contributed by atoms with Crippen molar-refractivity contribution in [2.24, 2.45) is 5.92 Å². The summed E-state index contributed by atoms with van der Waals surface area (Å²) in [4.78, 5) is 20.1. The summed E-state index contributed by atoms with van der Waals surface area (Å²) < 4.78 is 0. The normalized spacial score (nSPS) is 25.7. The highest BCUT2D eigenvalue weighted by Crippen LogP contribution is 2.34. The van der Waals surface area contributed by atoms with Crippen molar-refractivity contribution in [3.63, 3.8) is 0 Å². The van der Waals surface area contributed by atoms with Crippen LogP contribution in [0, 0.1) is 5.92 Å². The molecule has 1 N–H and O–H groups in total. The topological polar surface area (TPSA) is 45.2 Å². The fourth-order valence-corrected chi connectivity index (χ4v) is 4.98. The van der Waals surface area contributed by atoms with Gasteiger partial charge in [-0.25, -0.2) is 4.98 Å². The van der Waals surface area contributed by atoms with Crippen LogP contribution in [0.1, 0.15) is 22.6 Å². The third kappa shape index (κ3) is 3.18. The highest BCUT2D eigenvalue weighted by molar-refractivity contribution is 7.17. The zero-order valence-corrected chi connectivity index (χ0v) is 15.3. The summed E-state index contributed by atoms with van der Waals surface area (Å²) in [5, 5.41) is 4.80. The summed E-state index contributed by atoms with van der Waals surface area (Å²) in [6.07, 6.45) is 4.05. The van der Waals surface area contributed by atoms with Crippen LogP contribution in [-0.2, 0) is 0 Å². The zero-order chi connectivity index (χ0) is 16.7. The van der Waals surface area contributed by atoms with Crippen molar-refractivity contribution in [1.82, 2.24) is 15.2 Å². The van der Waals surface area contributed by atoms with Gasteiger partial charge in [-0.15, -0.1) is 11.3 Å². The summed E-state index contributed by atoms with van der Waals surface area (Å²) in [6.45, 7) is 3.28. The van der Waals surface area contributed by atoms with Crippen molar-refractivity contribution < 1.29 is 4.79 Å². The molecule has 3 saturated heterocycles. The largest absolute Gasteiger partial charge is 0.346 e. The SMILES string of the molecule is O=C(NC1CN2CCC1CC2)c1ncc(-c2ccc(Cl)cc2Cl)s1. The van der Waals surface area contributed by atoms with Gasteiger partial charge in [0.1, 0.15) is 0 Å². The number of halogens is 2. The van der Waals surface area contributed by atoms with Gasteiger partial charge in [0.15, 0.2) is 5.01 Å². The maximum absolute atomic E-state index is 12.5. The van der Waals surface area contributed by atoms with Gasteiger partial charge in [-0.1, -0.05) is 29.3 Å². The maximum atomic E-state index is 12.5. The molecule has 4 heterocycles. The number of piperidine rings is 3. The molecule has 7 heteroatoms. The average Bonchev–Trinajstić information content (AvgIpc) is 3.06. The summed E-state index contributed by atoms with van der Waals surface area (Å²) in [5.74, 6) is 0.513. The standard InChI is InChI=1S/C17H17Cl2N3OS/c18-11-1-2-12(13(19)7-11)15-8-20-17(24-15)16(23)21-14-9-22-5-3-10(14)4-6-22/h1-2,7-8,10,14H,3-6,9H2,(H,21,23). The second-order valence-corrected chi connectivity index (χ2v) is 8.25. The molecule has 3 aliphatic rings. The average molecular weight is 382 g/mol. The predicted molar refractivity (Wildman–Crippen MR) is 98.0 cm³/mol. The van der Waals surface area contributed by atoms with Gasteiger partial charge in [0.05, 0.1) is 9.90 Å². The molecule has 1 unspecified atom stereocenters. The molecule has 1 aromatic carbocycles. The Bertz CT molecular complexity index is 771. The van der Waals surface area contributed by atoms with Gasteiger partial charge in [-0.2, -0.15) is 0 Å². The number of hydrogen-bond acceptors (Lipinski definition) is 4. The lowest BCUT2D eigenvalue weighted by Gasteiger charge is -2.44. The molecule has 24 heavy (non-hydrogen) atoms. The molecule has 126 valence electrons. The molecule has 1 aromatic heterocycles. The number of carbonyl (C=O) groups excluding carboxylic acids is 1. The summed E-state index contributed by atoms with van der Waals surface area (Å²) >= 11 is 13.5. The number of thiazole rings is 1. The Balaban J connectivity index is 1.49. The van der Waals surface area contributed by atoms with Crippen LogP contribution >= 0.6 is 34.5 Å². The first-order valence-electron chi connectivity index (χ1n) is 8.04. The fourth-order valence-electron chi connectivity index (χ4n) is 3.55. The van der Waals surface area contributed by atoms with E-state index in [4.69, 9.17) is 23.2 Å². The van der Waals surface area contributed by atoms with Crippen molar-refractivity contribution in [3.05, 3.63) is 39.4 Å². The van der Waals surface area contributed by atoms with E-state index in [2.05, 4.69) is 15.2 Å². The van der Waals surface area contributed by atoms with Crippen molar-refractivity contribution in [3.8, 4) is 10.4 Å². The first-order chi connectivity index (χ1) is 11.6. The van der Waals surface area contributed by atoms with E-state index < -0.39 is 0 Å². The number of hydrogen-bond donors (Lipinski definition) is 1. The second kappa shape index (κ2) is 6.64. The van der Waals surface area contributed by atoms with Crippen molar-refractivity contribution in [2.45, 2.75) is 18.9 Å². The number of nitrogens with one attached hydrogen (secondary N) is 1. The van der Waals surface area contributed by atoms with Crippen LogP contribution in [0.25, 0.3) is 10.4 Å². The molecular weight excluding hydrogens is 365 g/mol. The molecule has 0 radical (unpaired) electrons. The van der Waals surface area contributed by atoms with Crippen LogP contribution in [0.15, 0.2) is 24.4 Å². The highest BCUT2D eigenvalue weighted by atomic mass is 35.5. The molecule has 0 aliphatic carbocycles. The molecule has 3 fully saturated rings. The van der Waals surface area contributed by atoms with E-state index in [0.29, 0.717) is 21.0 Å². The van der Waals surface area contributed by atoms with Gasteiger partial charge in [0.2, 0.25) is 0 Å². The molecule has 5 rings (SSSR count). The van der Waals surface area contributed by atoms with Gasteiger partial charge in [-0.05, 0) is 44.0 Å². The maximum Gasteiger partial charge on any atom is 0.280 e. The van der Waals surface area contributed by atoms with E-state index in [-0.39, 0.29) is 11.9 Å². The molecule has 0 saturated carbocycles. The Hall–Kier alpha value is -1.14. The molecule has 0 spiro atoms. The first kappa shape index (κ1) is 16.3. The highest BCUT2D eigenvalue weighted by Gasteiger charge is 2.35. The number of rotatable bonds is 3. The van der Waals surface area contributed by atoms with Crippen molar-refractivity contribution >= 4 is 40.4 Å². The number of benzene rings is 1. The van der Waals surface area contributed by atoms with Crippen LogP contribution in [0.4, 0.5) is 0 Å². The molecule has 1 atom stereocenters. The minimum absolute atomic E-state index is 0.0879. The van der Waals surface area contributed by atoms with Gasteiger partial charge >= 0.3 is 0 Å². The van der Waals surface area contributed by atoms with Crippen LogP contribution in [-0.4, -0.2) is 41.5 Å². The molecule has 1 amide bonds. The van der Waals surface area contributed by atoms with Gasteiger partial charge in [0, 0.05) is 29.4 Å². The molecule has 2 aromatic rings. The van der Waals surface area contributed by atoms with Gasteiger partial charge in [-0.3, -0.25) is 4.79 Å². The van der Waals surface area contributed by atoms with E-state index in [1.807, 2.05) is 6.07 Å². The molecule has 2 bridgehead atoms. The van der Waals surface area contributed by atoms with Gasteiger partial charge < -0.3 is 10.2 Å². The van der Waals surface area contributed by atoms with E-state index in [1.54, 1.807) is 18.3 Å². The molecule has 4 nitrogen and oxygen atoms in total. The number of carbonyl (C=O) groups is 1. The first-order valence-corrected chi connectivity index (χ1v) is 9.62. The third-order valence-corrected chi connectivity index (χ3v) is 6.45. The molecule has 3 aliphatic heterocycles. The fraction of sp³-hybridized carbons (Fsp3) is 0.412. The lowest BCUT2D eigenvalue weighted by molar-refractivity contribution is 0.0620. The van der Waals surface area contributed by atoms with Crippen LogP contribution in [0.2, 0.25) is 10.0 Å². The lowest BCUT2D eigenvalue weighted by Crippen LogP contribution is -2.57. The number of nitrogens with zero attached hydrogens (tertiary/aromatic N) is 2. The Labute approximate surface area is 154 Å². The summed E-state index contributed by atoms with van der Waals surface area (Å²) in [7, 11) is 0. The zero-order valence-electron chi connectivity index (χ0n) is 13.0. The Morgan fingerprint density at radius 2 is 2.08 bits per heavy atom. The molecular formula is C17H17Cl2N3OS. The number of aromatic nitrogens is 1. The van der Waals surface area contributed by atoms with E-state index in [1.165, 1.54) is 24.2 Å². The van der Waals surface area contributed by atoms with Crippen LogP contribution < -0.4 is 5.32 Å². The van der Waals surface area contributed by atoms with Crippen molar-refractivity contribution in [2.75, 3.05) is 19.6 Å². The van der Waals surface area contributed by atoms with Crippen LogP contribution in [0.3, 0.4) is 0 Å². The second-order valence-electron chi connectivity index (χ2n) is 6.37. The van der Waals surface area contributed by atoms with E-state index >= 15 is 0 Å². The Morgan fingerprint density at radius 3 is 2.75 bits per heavy atom. The Morgan fingerprint density at radius 1 is 1.29 bits per heavy atom. The quantitative estimate of drug-likeness (QED) is 0.875. The minimum atomic E-state index is -0.0879. The number of fused-ring (bicyclic) bond motifs is 3. The lowest BCUT2D eigenvalue weighted by atomic mass is 9.84. The predicted octanol–water partition coefficient (Wildman–Crippen LogP) is 3.94. The minimum Gasteiger partial charge on any atom is -0.346 e. The van der Waals surface area contributed by atoms with Crippen LogP contribution in [0.5, 0.6) is 0 Å². The monoisotopic (exact) mass is 381 g/mol. The third-order valence-electron chi connectivity index (χ3n) is 4.87. The van der Waals surface area contributed by atoms with E-state index in [9.17, 15) is 4.79 Å². The smallest absolute Gasteiger partial charge is 0.280 e. The van der Waals surface area contributed by atoms with E-state index in [0.717, 1.165) is 30.1 Å². The summed E-state index contributed by atoms with van der Waals surface area (Å²) in [5.41, 5.74) is 0.848. The number of amides is 1.